The third-order valence-corrected chi connectivity index (χ3v) is 4.32. The number of pyridine rings is 1. The number of ether oxygens (including phenoxy) is 1. The summed E-state index contributed by atoms with van der Waals surface area (Å²) in [6, 6.07) is 13.4. The number of hydrogen-bond acceptors (Lipinski definition) is 5. The van der Waals surface area contributed by atoms with Crippen molar-refractivity contribution in [2.45, 2.75) is 19.9 Å². The molecule has 0 radical (unpaired) electrons. The summed E-state index contributed by atoms with van der Waals surface area (Å²) in [5.74, 6) is -0.429. The van der Waals surface area contributed by atoms with Crippen molar-refractivity contribution in [3.8, 4) is 5.69 Å². The fourth-order valence-electron chi connectivity index (χ4n) is 3.22. The number of esters is 1. The predicted molar refractivity (Wildman–Crippen MR) is 97.8 cm³/mol. The predicted octanol–water partition coefficient (Wildman–Crippen LogP) is 3.36. The minimum Gasteiger partial charge on any atom is -0.461 e. The Hall–Kier alpha value is -3.28. The third-order valence-electron chi connectivity index (χ3n) is 4.32. The molecule has 0 unspecified atom stereocenters. The quantitative estimate of drug-likeness (QED) is 0.682. The van der Waals surface area contributed by atoms with E-state index in [0.717, 1.165) is 28.4 Å². The number of benzene rings is 1. The van der Waals surface area contributed by atoms with Crippen LogP contribution in [0, 0.1) is 0 Å². The van der Waals surface area contributed by atoms with Gasteiger partial charge in [0.1, 0.15) is 6.33 Å². The van der Waals surface area contributed by atoms with Gasteiger partial charge in [0.2, 0.25) is 0 Å². The molecule has 0 fully saturated rings. The van der Waals surface area contributed by atoms with Crippen molar-refractivity contribution in [2.75, 3.05) is 6.61 Å². The van der Waals surface area contributed by atoms with Gasteiger partial charge in [0.05, 0.1) is 35.4 Å². The second-order valence-electron chi connectivity index (χ2n) is 5.95. The Labute approximate surface area is 151 Å². The molecule has 0 saturated carbocycles. The zero-order valence-corrected chi connectivity index (χ0v) is 14.6. The summed E-state index contributed by atoms with van der Waals surface area (Å²) in [5, 5.41) is 0. The van der Waals surface area contributed by atoms with E-state index in [1.807, 2.05) is 54.0 Å². The van der Waals surface area contributed by atoms with Crippen LogP contribution in [-0.2, 0) is 4.74 Å². The zero-order chi connectivity index (χ0) is 18.1. The molecule has 0 bridgehead atoms. The van der Waals surface area contributed by atoms with Crippen LogP contribution in [0.1, 0.15) is 47.3 Å². The van der Waals surface area contributed by atoms with Gasteiger partial charge in [0, 0.05) is 11.8 Å². The SMILES string of the molecule is CCOC(=O)c1ncn2c1[C@H](C)N=C(c1ccccn1)c1ccccc1-2. The monoisotopic (exact) mass is 346 g/mol. The van der Waals surface area contributed by atoms with Crippen LogP contribution in [0.5, 0.6) is 0 Å². The molecule has 0 spiro atoms. The minimum atomic E-state index is -0.429. The Morgan fingerprint density at radius 1 is 1.15 bits per heavy atom. The Morgan fingerprint density at radius 3 is 2.73 bits per heavy atom. The number of rotatable bonds is 3. The van der Waals surface area contributed by atoms with Crippen molar-refractivity contribution in [3.05, 3.63) is 77.6 Å². The van der Waals surface area contributed by atoms with E-state index in [0.29, 0.717) is 12.3 Å². The number of imidazole rings is 1. The van der Waals surface area contributed by atoms with Crippen LogP contribution in [0.4, 0.5) is 0 Å². The molecular formula is C20H18N4O2. The summed E-state index contributed by atoms with van der Waals surface area (Å²) in [6.07, 6.45) is 3.41. The lowest BCUT2D eigenvalue weighted by atomic mass is 10.0. The molecule has 1 aliphatic heterocycles. The number of fused-ring (bicyclic) bond motifs is 3. The average molecular weight is 346 g/mol. The maximum Gasteiger partial charge on any atom is 0.358 e. The van der Waals surface area contributed by atoms with E-state index in [-0.39, 0.29) is 6.04 Å². The number of nitrogens with zero attached hydrogens (tertiary/aromatic N) is 4. The topological polar surface area (TPSA) is 69.4 Å². The van der Waals surface area contributed by atoms with Crippen LogP contribution < -0.4 is 0 Å². The summed E-state index contributed by atoms with van der Waals surface area (Å²) in [4.78, 5) is 26.0. The van der Waals surface area contributed by atoms with Gasteiger partial charge in [0.15, 0.2) is 5.69 Å². The second-order valence-corrected chi connectivity index (χ2v) is 5.95. The highest BCUT2D eigenvalue weighted by atomic mass is 16.5. The minimum absolute atomic E-state index is 0.277. The largest absolute Gasteiger partial charge is 0.461 e. The standard InChI is InChI=1S/C20H18N4O2/c1-3-26-20(25)18-19-13(2)23-17(15-9-6-7-11-21-15)14-8-4-5-10-16(14)24(19)12-22-18/h4-13H,3H2,1-2H3/t13-/m0/s1. The Morgan fingerprint density at radius 2 is 1.96 bits per heavy atom. The first-order chi connectivity index (χ1) is 12.7. The smallest absolute Gasteiger partial charge is 0.358 e. The molecule has 130 valence electrons. The third kappa shape index (κ3) is 2.60. The van der Waals surface area contributed by atoms with Gasteiger partial charge in [-0.1, -0.05) is 24.3 Å². The molecule has 0 aliphatic carbocycles. The lowest BCUT2D eigenvalue weighted by molar-refractivity contribution is 0.0518. The van der Waals surface area contributed by atoms with Crippen LogP contribution >= 0.6 is 0 Å². The molecule has 2 aromatic heterocycles. The summed E-state index contributed by atoms with van der Waals surface area (Å²) in [6.45, 7) is 4.03. The van der Waals surface area contributed by atoms with Gasteiger partial charge in [-0.2, -0.15) is 0 Å². The molecule has 4 rings (SSSR count). The maximum atomic E-state index is 12.3. The van der Waals surface area contributed by atoms with Crippen molar-refractivity contribution in [1.82, 2.24) is 14.5 Å². The molecule has 6 heteroatoms. The first kappa shape index (κ1) is 16.2. The summed E-state index contributed by atoms with van der Waals surface area (Å²) in [5.41, 5.74) is 4.49. The molecule has 0 saturated heterocycles. The first-order valence-electron chi connectivity index (χ1n) is 8.54. The van der Waals surface area contributed by atoms with Crippen LogP contribution in [0.3, 0.4) is 0 Å². The number of para-hydroxylation sites is 1. The van der Waals surface area contributed by atoms with Gasteiger partial charge in [-0.15, -0.1) is 0 Å². The number of aliphatic imine (C=N–C) groups is 1. The molecule has 26 heavy (non-hydrogen) atoms. The molecule has 1 aromatic carbocycles. The summed E-state index contributed by atoms with van der Waals surface area (Å²) in [7, 11) is 0. The highest BCUT2D eigenvalue weighted by molar-refractivity contribution is 6.14. The van der Waals surface area contributed by atoms with E-state index in [9.17, 15) is 4.79 Å². The van der Waals surface area contributed by atoms with E-state index in [4.69, 9.17) is 9.73 Å². The molecule has 0 amide bonds. The van der Waals surface area contributed by atoms with Gasteiger partial charge >= 0.3 is 5.97 Å². The van der Waals surface area contributed by atoms with Crippen molar-refractivity contribution in [2.24, 2.45) is 4.99 Å². The Kier molecular flexibility index (Phi) is 4.08. The highest BCUT2D eigenvalue weighted by Gasteiger charge is 2.29. The molecule has 1 aliphatic rings. The first-order valence-corrected chi connectivity index (χ1v) is 8.54. The number of hydrogen-bond donors (Lipinski definition) is 0. The van der Waals surface area contributed by atoms with Crippen molar-refractivity contribution in [3.63, 3.8) is 0 Å². The normalized spacial score (nSPS) is 15.5. The summed E-state index contributed by atoms with van der Waals surface area (Å²) >= 11 is 0. The molecule has 3 aromatic rings. The van der Waals surface area contributed by atoms with Gasteiger partial charge < -0.3 is 4.74 Å². The number of carbonyl (C=O) groups excluding carboxylic acids is 1. The highest BCUT2D eigenvalue weighted by Crippen LogP contribution is 2.32. The van der Waals surface area contributed by atoms with E-state index < -0.39 is 5.97 Å². The van der Waals surface area contributed by atoms with Crippen molar-refractivity contribution in [1.29, 1.82) is 0 Å². The lowest BCUT2D eigenvalue weighted by Gasteiger charge is -2.11. The molecule has 3 heterocycles. The van der Waals surface area contributed by atoms with Crippen molar-refractivity contribution >= 4 is 11.7 Å². The van der Waals surface area contributed by atoms with E-state index in [1.165, 1.54) is 0 Å². The fourth-order valence-corrected chi connectivity index (χ4v) is 3.22. The van der Waals surface area contributed by atoms with Gasteiger partial charge in [-0.25, -0.2) is 9.78 Å². The average Bonchev–Trinajstić information content (AvgIpc) is 3.07. The molecule has 0 N–H and O–H groups in total. The second kappa shape index (κ2) is 6.55. The maximum absolute atomic E-state index is 12.3. The number of carbonyl (C=O) groups is 1. The van der Waals surface area contributed by atoms with Crippen LogP contribution in [0.15, 0.2) is 60.0 Å². The lowest BCUT2D eigenvalue weighted by Crippen LogP contribution is -2.11. The fraction of sp³-hybridized carbons (Fsp3) is 0.200. The number of aromatic nitrogens is 3. The van der Waals surface area contributed by atoms with E-state index >= 15 is 0 Å². The van der Waals surface area contributed by atoms with Gasteiger partial charge in [-0.05, 0) is 32.0 Å². The Balaban J connectivity index is 1.95. The zero-order valence-electron chi connectivity index (χ0n) is 14.6. The van der Waals surface area contributed by atoms with Gasteiger partial charge in [-0.3, -0.25) is 14.5 Å². The van der Waals surface area contributed by atoms with Crippen molar-refractivity contribution < 1.29 is 9.53 Å². The summed E-state index contributed by atoms with van der Waals surface area (Å²) < 4.78 is 7.09. The Bertz CT molecular complexity index is 992. The molecular weight excluding hydrogens is 328 g/mol. The van der Waals surface area contributed by atoms with E-state index in [1.54, 1.807) is 19.4 Å². The van der Waals surface area contributed by atoms with Crippen LogP contribution in [0.2, 0.25) is 0 Å². The molecule has 6 nitrogen and oxygen atoms in total. The van der Waals surface area contributed by atoms with Crippen LogP contribution in [0.25, 0.3) is 5.69 Å². The van der Waals surface area contributed by atoms with E-state index in [2.05, 4.69) is 9.97 Å². The van der Waals surface area contributed by atoms with Crippen LogP contribution in [-0.4, -0.2) is 32.8 Å². The molecule has 1 atom stereocenters. The van der Waals surface area contributed by atoms with Gasteiger partial charge in [0.25, 0.3) is 0 Å².